The highest BCUT2D eigenvalue weighted by Crippen LogP contribution is 2.23. The Hall–Kier alpha value is -0.790. The van der Waals surface area contributed by atoms with Gasteiger partial charge in [-0.2, -0.15) is 0 Å². The molecule has 0 fully saturated rings. The van der Waals surface area contributed by atoms with Crippen molar-refractivity contribution >= 4 is 27.1 Å². The van der Waals surface area contributed by atoms with E-state index in [1.54, 1.807) is 12.3 Å². The van der Waals surface area contributed by atoms with Crippen LogP contribution in [0.5, 0.6) is 0 Å². The molecule has 0 spiro atoms. The molecule has 0 aliphatic heterocycles. The van der Waals surface area contributed by atoms with E-state index >= 15 is 0 Å². The third-order valence-corrected chi connectivity index (χ3v) is 4.14. The summed E-state index contributed by atoms with van der Waals surface area (Å²) >= 11 is 1.19. The third-order valence-electron chi connectivity index (χ3n) is 2.29. The molecule has 0 amide bonds. The third kappa shape index (κ3) is 5.38. The fraction of sp³-hybridized carbons (Fsp3) is 0.600. The first-order valence-electron chi connectivity index (χ1n) is 5.25. The van der Waals surface area contributed by atoms with Crippen molar-refractivity contribution in [2.24, 2.45) is 0 Å². The summed E-state index contributed by atoms with van der Waals surface area (Å²) in [5.41, 5.74) is 0. The Morgan fingerprint density at radius 1 is 1.59 bits per heavy atom. The second-order valence-corrected chi connectivity index (χ2v) is 6.55. The van der Waals surface area contributed by atoms with Crippen LogP contribution in [0.3, 0.4) is 0 Å². The van der Waals surface area contributed by atoms with Gasteiger partial charge in [0.2, 0.25) is 0 Å². The van der Waals surface area contributed by atoms with Crippen molar-refractivity contribution in [3.63, 3.8) is 0 Å². The van der Waals surface area contributed by atoms with E-state index in [4.69, 9.17) is 0 Å². The van der Waals surface area contributed by atoms with Crippen molar-refractivity contribution in [1.82, 2.24) is 5.32 Å². The number of hydrogen-bond donors (Lipinski definition) is 1. The van der Waals surface area contributed by atoms with Gasteiger partial charge >= 0.3 is 5.00 Å². The molecule has 5 nitrogen and oxygen atoms in total. The van der Waals surface area contributed by atoms with Gasteiger partial charge in [0.1, 0.15) is 0 Å². The Kier molecular flexibility index (Phi) is 5.73. The van der Waals surface area contributed by atoms with Crippen molar-refractivity contribution in [3.05, 3.63) is 27.1 Å². The van der Waals surface area contributed by atoms with E-state index in [1.165, 1.54) is 17.4 Å². The van der Waals surface area contributed by atoms with Crippen molar-refractivity contribution < 1.29 is 9.13 Å². The summed E-state index contributed by atoms with van der Waals surface area (Å²) in [4.78, 5) is 11.1. The maximum atomic E-state index is 10.9. The summed E-state index contributed by atoms with van der Waals surface area (Å²) in [6.45, 7) is 2.64. The van der Waals surface area contributed by atoms with Crippen molar-refractivity contribution in [3.8, 4) is 0 Å². The lowest BCUT2D eigenvalue weighted by molar-refractivity contribution is -0.380. The number of thiophene rings is 1. The Bertz CT molecular complexity index is 406. The van der Waals surface area contributed by atoms with Gasteiger partial charge in [-0.25, -0.2) is 0 Å². The molecule has 0 radical (unpaired) electrons. The second kappa shape index (κ2) is 6.83. The van der Waals surface area contributed by atoms with Crippen LogP contribution in [0.15, 0.2) is 12.1 Å². The van der Waals surface area contributed by atoms with Crippen LogP contribution >= 0.6 is 11.3 Å². The highest BCUT2D eigenvalue weighted by molar-refractivity contribution is 7.84. The normalized spacial score (nSPS) is 14.5. The van der Waals surface area contributed by atoms with Gasteiger partial charge < -0.3 is 5.32 Å². The number of rotatable bonds is 7. The topological polar surface area (TPSA) is 72.2 Å². The highest BCUT2D eigenvalue weighted by Gasteiger charge is 2.10. The van der Waals surface area contributed by atoms with E-state index < -0.39 is 10.8 Å². The van der Waals surface area contributed by atoms with Crippen molar-refractivity contribution in [1.29, 1.82) is 0 Å². The van der Waals surface area contributed by atoms with Crippen LogP contribution in [0.1, 0.15) is 18.2 Å². The van der Waals surface area contributed by atoms with Crippen LogP contribution in [0.4, 0.5) is 5.00 Å². The summed E-state index contributed by atoms with van der Waals surface area (Å²) in [6, 6.07) is 3.55. The summed E-state index contributed by atoms with van der Waals surface area (Å²) in [7, 11) is -0.763. The molecule has 96 valence electrons. The Labute approximate surface area is 107 Å². The number of nitrogens with zero attached hydrogens (tertiary/aromatic N) is 1. The lowest BCUT2D eigenvalue weighted by Crippen LogP contribution is -2.26. The number of nitrogens with one attached hydrogen (secondary N) is 1. The minimum atomic E-state index is -0.763. The minimum absolute atomic E-state index is 0.170. The van der Waals surface area contributed by atoms with Crippen LogP contribution in [0.2, 0.25) is 0 Å². The standard InChI is InChI=1S/C10H16N2O3S2/c1-8(5-6-17(2)15)11-7-9-3-4-10(16-9)12(13)14/h3-4,8,11H,5-7H2,1-2H3. The maximum Gasteiger partial charge on any atom is 0.324 e. The fourth-order valence-corrected chi connectivity index (χ4v) is 2.74. The van der Waals surface area contributed by atoms with E-state index in [-0.39, 0.29) is 16.0 Å². The van der Waals surface area contributed by atoms with Gasteiger partial charge in [0, 0.05) is 46.3 Å². The molecule has 0 bridgehead atoms. The Morgan fingerprint density at radius 2 is 2.29 bits per heavy atom. The Morgan fingerprint density at radius 3 is 2.82 bits per heavy atom. The molecule has 0 saturated carbocycles. The van der Waals surface area contributed by atoms with Crippen molar-refractivity contribution in [2.45, 2.75) is 25.9 Å². The van der Waals surface area contributed by atoms with Gasteiger partial charge in [0.05, 0.1) is 4.92 Å². The first-order chi connectivity index (χ1) is 7.99. The van der Waals surface area contributed by atoms with Crippen LogP contribution in [-0.4, -0.2) is 27.2 Å². The lowest BCUT2D eigenvalue weighted by Gasteiger charge is -2.11. The van der Waals surface area contributed by atoms with E-state index in [2.05, 4.69) is 5.32 Å². The molecule has 0 aromatic carbocycles. The minimum Gasteiger partial charge on any atom is -0.309 e. The van der Waals surface area contributed by atoms with E-state index in [1.807, 2.05) is 6.92 Å². The lowest BCUT2D eigenvalue weighted by atomic mass is 10.2. The molecule has 7 heteroatoms. The molecule has 1 rings (SSSR count). The summed E-state index contributed by atoms with van der Waals surface area (Å²) in [6.07, 6.45) is 2.53. The van der Waals surface area contributed by atoms with Gasteiger partial charge in [-0.15, -0.1) is 0 Å². The zero-order valence-corrected chi connectivity index (χ0v) is 11.5. The SMILES string of the molecule is CC(CCS(C)=O)NCc1ccc([N+](=O)[O-])s1. The van der Waals surface area contributed by atoms with E-state index in [0.29, 0.717) is 12.3 Å². The molecular weight excluding hydrogens is 260 g/mol. The van der Waals surface area contributed by atoms with E-state index in [9.17, 15) is 14.3 Å². The van der Waals surface area contributed by atoms with E-state index in [0.717, 1.165) is 11.3 Å². The first-order valence-corrected chi connectivity index (χ1v) is 7.80. The zero-order chi connectivity index (χ0) is 12.8. The van der Waals surface area contributed by atoms with Gasteiger partial charge in [-0.05, 0) is 19.4 Å². The van der Waals surface area contributed by atoms with Crippen LogP contribution in [-0.2, 0) is 17.3 Å². The molecule has 0 aliphatic carbocycles. The molecule has 1 aromatic rings. The van der Waals surface area contributed by atoms with Gasteiger partial charge in [0.25, 0.3) is 0 Å². The van der Waals surface area contributed by atoms with Gasteiger partial charge in [-0.1, -0.05) is 11.3 Å². The van der Waals surface area contributed by atoms with Crippen molar-refractivity contribution in [2.75, 3.05) is 12.0 Å². The van der Waals surface area contributed by atoms with Crippen LogP contribution < -0.4 is 5.32 Å². The second-order valence-electron chi connectivity index (χ2n) is 3.84. The molecule has 1 aromatic heterocycles. The predicted octanol–water partition coefficient (Wildman–Crippen LogP) is 1.90. The fourth-order valence-electron chi connectivity index (χ4n) is 1.28. The van der Waals surface area contributed by atoms with Gasteiger partial charge in [-0.3, -0.25) is 14.3 Å². The molecule has 2 unspecified atom stereocenters. The quantitative estimate of drug-likeness (QED) is 0.610. The molecule has 0 aliphatic rings. The molecular formula is C10H16N2O3S2. The molecule has 0 saturated heterocycles. The maximum absolute atomic E-state index is 10.9. The zero-order valence-electron chi connectivity index (χ0n) is 9.84. The van der Waals surface area contributed by atoms with Crippen LogP contribution in [0, 0.1) is 10.1 Å². The average molecular weight is 276 g/mol. The van der Waals surface area contributed by atoms with Gasteiger partial charge in [0.15, 0.2) is 0 Å². The van der Waals surface area contributed by atoms with Crippen LogP contribution in [0.25, 0.3) is 0 Å². The number of hydrogen-bond acceptors (Lipinski definition) is 5. The monoisotopic (exact) mass is 276 g/mol. The largest absolute Gasteiger partial charge is 0.324 e. The predicted molar refractivity (Wildman–Crippen MR) is 70.8 cm³/mol. The average Bonchev–Trinajstić information content (AvgIpc) is 2.72. The molecule has 1 heterocycles. The molecule has 17 heavy (non-hydrogen) atoms. The first kappa shape index (κ1) is 14.3. The Balaban J connectivity index is 2.34. The highest BCUT2D eigenvalue weighted by atomic mass is 32.2. The summed E-state index contributed by atoms with van der Waals surface area (Å²) in [5, 5.41) is 13.9. The summed E-state index contributed by atoms with van der Waals surface area (Å²) in [5.74, 6) is 0.679. The smallest absolute Gasteiger partial charge is 0.309 e. The molecule has 1 N–H and O–H groups in total. The summed E-state index contributed by atoms with van der Waals surface area (Å²) < 4.78 is 10.9. The molecule has 2 atom stereocenters. The number of nitro groups is 1.